The standard InChI is InChI=1S/C12H25NO2/c1-3-13-12(2,10-14)7-4-8-15-9-11-5-6-11/h11,13-14H,3-10H2,1-2H3. The van der Waals surface area contributed by atoms with E-state index in [-0.39, 0.29) is 12.1 Å². The van der Waals surface area contributed by atoms with E-state index < -0.39 is 0 Å². The highest BCUT2D eigenvalue weighted by Gasteiger charge is 2.22. The topological polar surface area (TPSA) is 41.5 Å². The van der Waals surface area contributed by atoms with E-state index in [1.807, 2.05) is 0 Å². The van der Waals surface area contributed by atoms with Gasteiger partial charge in [-0.1, -0.05) is 6.92 Å². The molecule has 90 valence electrons. The Bertz CT molecular complexity index is 171. The van der Waals surface area contributed by atoms with Gasteiger partial charge in [-0.15, -0.1) is 0 Å². The quantitative estimate of drug-likeness (QED) is 0.573. The summed E-state index contributed by atoms with van der Waals surface area (Å²) in [7, 11) is 0. The van der Waals surface area contributed by atoms with Gasteiger partial charge in [0.05, 0.1) is 6.61 Å². The van der Waals surface area contributed by atoms with Crippen LogP contribution < -0.4 is 5.32 Å². The molecular weight excluding hydrogens is 190 g/mol. The van der Waals surface area contributed by atoms with Crippen LogP contribution in [0.3, 0.4) is 0 Å². The van der Waals surface area contributed by atoms with Crippen LogP contribution in [0.5, 0.6) is 0 Å². The zero-order chi connectivity index (χ0) is 11.1. The van der Waals surface area contributed by atoms with Gasteiger partial charge in [0.2, 0.25) is 0 Å². The Morgan fingerprint density at radius 2 is 2.20 bits per heavy atom. The molecule has 15 heavy (non-hydrogen) atoms. The third-order valence-electron chi connectivity index (χ3n) is 3.02. The largest absolute Gasteiger partial charge is 0.394 e. The number of rotatable bonds is 9. The summed E-state index contributed by atoms with van der Waals surface area (Å²) in [6.07, 6.45) is 4.70. The molecule has 1 rings (SSSR count). The van der Waals surface area contributed by atoms with Gasteiger partial charge >= 0.3 is 0 Å². The zero-order valence-corrected chi connectivity index (χ0v) is 10.1. The van der Waals surface area contributed by atoms with E-state index in [4.69, 9.17) is 4.74 Å². The molecule has 1 fully saturated rings. The van der Waals surface area contributed by atoms with Gasteiger partial charge < -0.3 is 15.2 Å². The van der Waals surface area contributed by atoms with Crippen LogP contribution in [-0.4, -0.2) is 37.0 Å². The molecule has 0 aromatic rings. The van der Waals surface area contributed by atoms with Crippen molar-refractivity contribution in [2.75, 3.05) is 26.4 Å². The first-order chi connectivity index (χ1) is 7.20. The van der Waals surface area contributed by atoms with Crippen molar-refractivity contribution in [2.45, 2.75) is 45.1 Å². The molecule has 1 atom stereocenters. The fourth-order valence-electron chi connectivity index (χ4n) is 1.75. The van der Waals surface area contributed by atoms with Gasteiger partial charge in [-0.25, -0.2) is 0 Å². The van der Waals surface area contributed by atoms with E-state index in [1.54, 1.807) is 0 Å². The Balaban J connectivity index is 1.99. The Morgan fingerprint density at radius 1 is 1.47 bits per heavy atom. The number of ether oxygens (including phenoxy) is 1. The molecule has 3 heteroatoms. The molecule has 0 saturated heterocycles. The molecule has 3 nitrogen and oxygen atoms in total. The molecule has 0 aliphatic heterocycles. The van der Waals surface area contributed by atoms with Crippen molar-refractivity contribution in [3.63, 3.8) is 0 Å². The molecule has 0 spiro atoms. The van der Waals surface area contributed by atoms with Crippen molar-refractivity contribution in [3.05, 3.63) is 0 Å². The first kappa shape index (κ1) is 12.9. The van der Waals surface area contributed by atoms with E-state index in [0.717, 1.165) is 38.5 Å². The first-order valence-corrected chi connectivity index (χ1v) is 6.14. The van der Waals surface area contributed by atoms with Crippen LogP contribution in [0.25, 0.3) is 0 Å². The fraction of sp³-hybridized carbons (Fsp3) is 1.00. The maximum Gasteiger partial charge on any atom is 0.0610 e. The van der Waals surface area contributed by atoms with Crippen LogP contribution in [0.15, 0.2) is 0 Å². The van der Waals surface area contributed by atoms with Crippen LogP contribution in [0, 0.1) is 5.92 Å². The van der Waals surface area contributed by atoms with Crippen molar-refractivity contribution in [1.29, 1.82) is 0 Å². The van der Waals surface area contributed by atoms with Gasteiger partial charge in [0.25, 0.3) is 0 Å². The third-order valence-corrected chi connectivity index (χ3v) is 3.02. The van der Waals surface area contributed by atoms with Gasteiger partial charge in [0, 0.05) is 18.8 Å². The summed E-state index contributed by atoms with van der Waals surface area (Å²) in [6, 6.07) is 0. The number of aliphatic hydroxyl groups is 1. The second-order valence-corrected chi connectivity index (χ2v) is 4.87. The molecule has 0 aromatic carbocycles. The predicted molar refractivity (Wildman–Crippen MR) is 61.9 cm³/mol. The summed E-state index contributed by atoms with van der Waals surface area (Å²) in [4.78, 5) is 0. The first-order valence-electron chi connectivity index (χ1n) is 6.14. The van der Waals surface area contributed by atoms with E-state index in [1.165, 1.54) is 12.8 Å². The van der Waals surface area contributed by atoms with Crippen molar-refractivity contribution in [2.24, 2.45) is 5.92 Å². The molecule has 1 unspecified atom stereocenters. The summed E-state index contributed by atoms with van der Waals surface area (Å²) in [6.45, 7) is 7.01. The molecule has 1 saturated carbocycles. The smallest absolute Gasteiger partial charge is 0.0610 e. The van der Waals surface area contributed by atoms with E-state index in [2.05, 4.69) is 19.2 Å². The molecule has 0 radical (unpaired) electrons. The lowest BCUT2D eigenvalue weighted by Gasteiger charge is -2.28. The van der Waals surface area contributed by atoms with Gasteiger partial charge in [0.15, 0.2) is 0 Å². The third kappa shape index (κ3) is 5.50. The highest BCUT2D eigenvalue weighted by molar-refractivity contribution is 4.81. The van der Waals surface area contributed by atoms with Crippen LogP contribution in [0.1, 0.15) is 39.5 Å². The second-order valence-electron chi connectivity index (χ2n) is 4.87. The van der Waals surface area contributed by atoms with Crippen LogP contribution in [0.4, 0.5) is 0 Å². The van der Waals surface area contributed by atoms with Crippen LogP contribution >= 0.6 is 0 Å². The molecule has 0 amide bonds. The Hall–Kier alpha value is -0.120. The van der Waals surface area contributed by atoms with Gasteiger partial charge in [-0.3, -0.25) is 0 Å². The highest BCUT2D eigenvalue weighted by atomic mass is 16.5. The lowest BCUT2D eigenvalue weighted by molar-refractivity contribution is 0.104. The minimum Gasteiger partial charge on any atom is -0.394 e. The SMILES string of the molecule is CCNC(C)(CO)CCCOCC1CC1. The Labute approximate surface area is 93.2 Å². The average molecular weight is 215 g/mol. The van der Waals surface area contributed by atoms with E-state index in [9.17, 15) is 5.11 Å². The van der Waals surface area contributed by atoms with Crippen molar-refractivity contribution in [3.8, 4) is 0 Å². The molecule has 0 aromatic heterocycles. The average Bonchev–Trinajstić information content (AvgIpc) is 3.02. The minimum atomic E-state index is -0.127. The molecular formula is C12H25NO2. The van der Waals surface area contributed by atoms with Gasteiger partial charge in [0.1, 0.15) is 0 Å². The zero-order valence-electron chi connectivity index (χ0n) is 10.1. The maximum absolute atomic E-state index is 9.27. The van der Waals surface area contributed by atoms with Crippen LogP contribution in [-0.2, 0) is 4.74 Å². The monoisotopic (exact) mass is 215 g/mol. The summed E-state index contributed by atoms with van der Waals surface area (Å²) in [5, 5.41) is 12.6. The molecule has 2 N–H and O–H groups in total. The molecule has 1 aliphatic carbocycles. The fourth-order valence-corrected chi connectivity index (χ4v) is 1.75. The van der Waals surface area contributed by atoms with Gasteiger partial charge in [-0.05, 0) is 45.1 Å². The summed E-state index contributed by atoms with van der Waals surface area (Å²) in [5.74, 6) is 0.850. The number of hydrogen-bond donors (Lipinski definition) is 2. The Morgan fingerprint density at radius 3 is 2.73 bits per heavy atom. The van der Waals surface area contributed by atoms with Crippen molar-refractivity contribution >= 4 is 0 Å². The Kier molecular flexibility index (Phi) is 5.58. The van der Waals surface area contributed by atoms with Crippen molar-refractivity contribution in [1.82, 2.24) is 5.32 Å². The van der Waals surface area contributed by atoms with E-state index >= 15 is 0 Å². The summed E-state index contributed by atoms with van der Waals surface area (Å²) in [5.41, 5.74) is -0.127. The minimum absolute atomic E-state index is 0.127. The van der Waals surface area contributed by atoms with Crippen molar-refractivity contribution < 1.29 is 9.84 Å². The number of likely N-dealkylation sites (N-methyl/N-ethyl adjacent to an activating group) is 1. The summed E-state index contributed by atoms with van der Waals surface area (Å²) < 4.78 is 5.57. The van der Waals surface area contributed by atoms with Crippen LogP contribution in [0.2, 0.25) is 0 Å². The predicted octanol–water partition coefficient (Wildman–Crippen LogP) is 1.55. The number of aliphatic hydroxyl groups excluding tert-OH is 1. The maximum atomic E-state index is 9.27. The molecule has 0 bridgehead atoms. The highest BCUT2D eigenvalue weighted by Crippen LogP contribution is 2.28. The normalized spacial score (nSPS) is 20.2. The lowest BCUT2D eigenvalue weighted by Crippen LogP contribution is -2.45. The lowest BCUT2D eigenvalue weighted by atomic mass is 9.97. The van der Waals surface area contributed by atoms with E-state index in [0.29, 0.717) is 0 Å². The molecule has 1 aliphatic rings. The number of hydrogen-bond acceptors (Lipinski definition) is 3. The summed E-state index contributed by atoms with van der Waals surface area (Å²) >= 11 is 0. The second kappa shape index (κ2) is 6.46. The number of nitrogens with one attached hydrogen (secondary N) is 1. The molecule has 0 heterocycles. The van der Waals surface area contributed by atoms with Gasteiger partial charge in [-0.2, -0.15) is 0 Å².